The summed E-state index contributed by atoms with van der Waals surface area (Å²) in [7, 11) is 0. The van der Waals surface area contributed by atoms with Crippen molar-refractivity contribution in [2.75, 3.05) is 0 Å². The average Bonchev–Trinajstić information content (AvgIpc) is 2.32. The Morgan fingerprint density at radius 2 is 1.95 bits per heavy atom. The summed E-state index contributed by atoms with van der Waals surface area (Å²) in [4.78, 5) is 23.4. The van der Waals surface area contributed by atoms with Gasteiger partial charge in [-0.3, -0.25) is 9.59 Å². The van der Waals surface area contributed by atoms with E-state index in [0.717, 1.165) is 4.57 Å². The number of carbonyl (C=O) groups excluding carboxylic acids is 1. The average molecular weight is 313 g/mol. The Hall–Kier alpha value is -1.98. The van der Waals surface area contributed by atoms with Gasteiger partial charge >= 0.3 is 0 Å². The zero-order valence-electron chi connectivity index (χ0n) is 10.4. The summed E-state index contributed by atoms with van der Waals surface area (Å²) in [5, 5.41) is 10.7. The van der Waals surface area contributed by atoms with E-state index >= 15 is 0 Å². The maximum absolute atomic E-state index is 12.0. The van der Waals surface area contributed by atoms with Gasteiger partial charge in [-0.2, -0.15) is 0 Å². The minimum atomic E-state index is -0.841. The highest BCUT2D eigenvalue weighted by Gasteiger charge is 2.19. The maximum Gasteiger partial charge on any atom is 0.258 e. The lowest BCUT2D eigenvalue weighted by molar-refractivity contribution is 0.0996. The first-order valence-corrected chi connectivity index (χ1v) is 6.29. The number of nitrogens with zero attached hydrogens (tertiary/aromatic N) is 1. The number of rotatable bonds is 2. The van der Waals surface area contributed by atoms with E-state index in [2.05, 4.69) is 0 Å². The van der Waals surface area contributed by atoms with Crippen molar-refractivity contribution >= 4 is 29.1 Å². The van der Waals surface area contributed by atoms with Crippen LogP contribution >= 0.6 is 23.2 Å². The van der Waals surface area contributed by atoms with Crippen molar-refractivity contribution in [2.45, 2.75) is 6.92 Å². The molecule has 0 aliphatic heterocycles. The van der Waals surface area contributed by atoms with E-state index in [-0.39, 0.29) is 21.8 Å². The molecule has 1 amide bonds. The highest BCUT2D eigenvalue weighted by Crippen LogP contribution is 2.28. The van der Waals surface area contributed by atoms with Crippen LogP contribution < -0.4 is 11.3 Å². The molecule has 0 spiro atoms. The number of amides is 1. The molecule has 0 saturated heterocycles. The molecule has 0 bridgehead atoms. The van der Waals surface area contributed by atoms with E-state index in [4.69, 9.17) is 28.9 Å². The Morgan fingerprint density at radius 3 is 2.55 bits per heavy atom. The second-order valence-corrected chi connectivity index (χ2v) is 5.00. The van der Waals surface area contributed by atoms with Crippen LogP contribution in [0.15, 0.2) is 29.1 Å². The maximum atomic E-state index is 12.0. The van der Waals surface area contributed by atoms with Crippen LogP contribution in [0.1, 0.15) is 15.9 Å². The summed E-state index contributed by atoms with van der Waals surface area (Å²) < 4.78 is 0.890. The van der Waals surface area contributed by atoms with Gasteiger partial charge in [0.15, 0.2) is 0 Å². The molecule has 20 heavy (non-hydrogen) atoms. The van der Waals surface area contributed by atoms with Crippen molar-refractivity contribution in [3.8, 4) is 11.6 Å². The molecule has 5 nitrogen and oxygen atoms in total. The Bertz CT molecular complexity index is 769. The number of benzene rings is 1. The van der Waals surface area contributed by atoms with Gasteiger partial charge in [-0.05, 0) is 30.7 Å². The van der Waals surface area contributed by atoms with Crippen LogP contribution in [0.25, 0.3) is 5.69 Å². The van der Waals surface area contributed by atoms with Crippen LogP contribution in [0.3, 0.4) is 0 Å². The fourth-order valence-corrected chi connectivity index (χ4v) is 2.28. The topological polar surface area (TPSA) is 85.3 Å². The van der Waals surface area contributed by atoms with Crippen molar-refractivity contribution in [1.29, 1.82) is 0 Å². The summed E-state index contributed by atoms with van der Waals surface area (Å²) in [6.45, 7) is 1.51. The van der Waals surface area contributed by atoms with Gasteiger partial charge in [0.25, 0.3) is 11.5 Å². The number of primary amides is 1. The van der Waals surface area contributed by atoms with Crippen molar-refractivity contribution < 1.29 is 9.90 Å². The van der Waals surface area contributed by atoms with E-state index in [1.165, 1.54) is 25.1 Å². The molecular formula is C13H10Cl2N2O3. The molecule has 104 valence electrons. The first kappa shape index (κ1) is 14.4. The molecule has 2 aromatic rings. The molecule has 7 heteroatoms. The number of hydrogen-bond acceptors (Lipinski definition) is 3. The van der Waals surface area contributed by atoms with Crippen molar-refractivity contribution in [2.24, 2.45) is 5.73 Å². The van der Waals surface area contributed by atoms with Crippen LogP contribution in [0.4, 0.5) is 0 Å². The minimum absolute atomic E-state index is 0.138. The second kappa shape index (κ2) is 5.19. The Labute approximate surface area is 124 Å². The molecule has 0 saturated carbocycles. The van der Waals surface area contributed by atoms with Crippen LogP contribution in [-0.4, -0.2) is 15.6 Å². The van der Waals surface area contributed by atoms with Crippen molar-refractivity contribution in [3.05, 3.63) is 55.8 Å². The van der Waals surface area contributed by atoms with Crippen LogP contribution in [-0.2, 0) is 0 Å². The van der Waals surface area contributed by atoms with Crippen LogP contribution in [0.2, 0.25) is 10.0 Å². The number of carbonyl (C=O) groups is 1. The van der Waals surface area contributed by atoms with Gasteiger partial charge in [-0.1, -0.05) is 23.2 Å². The second-order valence-electron chi connectivity index (χ2n) is 4.16. The summed E-state index contributed by atoms with van der Waals surface area (Å²) in [6, 6.07) is 5.62. The Morgan fingerprint density at radius 1 is 1.30 bits per heavy atom. The molecule has 0 unspecified atom stereocenters. The predicted molar refractivity (Wildman–Crippen MR) is 77.0 cm³/mol. The lowest BCUT2D eigenvalue weighted by Gasteiger charge is -2.14. The van der Waals surface area contributed by atoms with E-state index in [1.54, 1.807) is 6.07 Å². The van der Waals surface area contributed by atoms with Gasteiger partial charge in [0.2, 0.25) is 5.88 Å². The fraction of sp³-hybridized carbons (Fsp3) is 0.0769. The number of pyridine rings is 1. The van der Waals surface area contributed by atoms with E-state index < -0.39 is 17.3 Å². The van der Waals surface area contributed by atoms with Crippen molar-refractivity contribution in [3.63, 3.8) is 0 Å². The molecule has 1 aromatic heterocycles. The monoisotopic (exact) mass is 312 g/mol. The molecule has 0 aliphatic carbocycles. The number of aromatic nitrogens is 1. The molecule has 0 fully saturated rings. The molecular weight excluding hydrogens is 303 g/mol. The summed E-state index contributed by atoms with van der Waals surface area (Å²) in [5.74, 6) is -1.40. The van der Waals surface area contributed by atoms with Gasteiger partial charge < -0.3 is 10.8 Å². The molecule has 0 aliphatic rings. The molecule has 3 N–H and O–H groups in total. The normalized spacial score (nSPS) is 10.6. The molecule has 0 radical (unpaired) electrons. The zero-order chi connectivity index (χ0) is 15.0. The Balaban J connectivity index is 2.88. The SMILES string of the molecule is Cc1cc(=O)n(-c2cc(Cl)ccc2Cl)c(O)c1C(N)=O. The first-order valence-electron chi connectivity index (χ1n) is 5.53. The third-order valence-corrected chi connectivity index (χ3v) is 3.34. The highest BCUT2D eigenvalue weighted by molar-refractivity contribution is 6.34. The number of hydrogen-bond donors (Lipinski definition) is 2. The third-order valence-electron chi connectivity index (χ3n) is 2.79. The summed E-state index contributed by atoms with van der Waals surface area (Å²) in [6.07, 6.45) is 0. The van der Waals surface area contributed by atoms with Crippen LogP contribution in [0, 0.1) is 6.92 Å². The highest BCUT2D eigenvalue weighted by atomic mass is 35.5. The van der Waals surface area contributed by atoms with E-state index in [9.17, 15) is 14.7 Å². The number of aryl methyl sites for hydroxylation is 1. The first-order chi connectivity index (χ1) is 9.32. The fourth-order valence-electron chi connectivity index (χ4n) is 1.91. The zero-order valence-corrected chi connectivity index (χ0v) is 11.9. The standard InChI is InChI=1S/C13H10Cl2N2O3/c1-6-4-10(18)17(13(20)11(6)12(16)19)9-5-7(14)2-3-8(9)15/h2-5,20H,1H3,(H2,16,19). The predicted octanol–water partition coefficient (Wildman–Crippen LogP) is 2.26. The molecule has 0 atom stereocenters. The quantitative estimate of drug-likeness (QED) is 0.892. The van der Waals surface area contributed by atoms with Crippen LogP contribution in [0.5, 0.6) is 5.88 Å². The summed E-state index contributed by atoms with van der Waals surface area (Å²) in [5.41, 5.74) is 4.98. The number of nitrogens with two attached hydrogens (primary N) is 1. The van der Waals surface area contributed by atoms with Gasteiger partial charge in [0, 0.05) is 11.1 Å². The number of halogens is 2. The molecule has 1 aromatic carbocycles. The van der Waals surface area contributed by atoms with E-state index in [0.29, 0.717) is 5.02 Å². The van der Waals surface area contributed by atoms with E-state index in [1.807, 2.05) is 0 Å². The van der Waals surface area contributed by atoms with Gasteiger partial charge in [0.05, 0.1) is 10.7 Å². The lowest BCUT2D eigenvalue weighted by atomic mass is 10.1. The van der Waals surface area contributed by atoms with Gasteiger partial charge in [-0.15, -0.1) is 0 Å². The minimum Gasteiger partial charge on any atom is -0.494 e. The number of aromatic hydroxyl groups is 1. The third kappa shape index (κ3) is 2.37. The van der Waals surface area contributed by atoms with Gasteiger partial charge in [0.1, 0.15) is 5.56 Å². The largest absolute Gasteiger partial charge is 0.494 e. The lowest BCUT2D eigenvalue weighted by Crippen LogP contribution is -2.23. The molecule has 2 rings (SSSR count). The van der Waals surface area contributed by atoms with Crippen molar-refractivity contribution in [1.82, 2.24) is 4.57 Å². The van der Waals surface area contributed by atoms with Gasteiger partial charge in [-0.25, -0.2) is 4.57 Å². The Kier molecular flexibility index (Phi) is 3.74. The smallest absolute Gasteiger partial charge is 0.258 e. The molecule has 1 heterocycles. The summed E-state index contributed by atoms with van der Waals surface area (Å²) >= 11 is 11.9.